The Balaban J connectivity index is 1.44. The zero-order valence-electron chi connectivity index (χ0n) is 26.5. The Morgan fingerprint density at radius 2 is 1.69 bits per heavy atom. The van der Waals surface area contributed by atoms with Gasteiger partial charge in [0.2, 0.25) is 5.91 Å². The molecule has 2 N–H and O–H groups in total. The highest BCUT2D eigenvalue weighted by atomic mass is 16.6. The molecule has 5 rings (SSSR count). The van der Waals surface area contributed by atoms with Crippen LogP contribution in [0.2, 0.25) is 0 Å². The number of carbonyl (C=O) groups is 2. The molecule has 9 nitrogen and oxygen atoms in total. The molecule has 0 spiro atoms. The molecular formula is C36H45N3O6. The Kier molecular flexibility index (Phi) is 11.3. The van der Waals surface area contributed by atoms with Gasteiger partial charge in [-0.2, -0.15) is 0 Å². The Morgan fingerprint density at radius 1 is 0.911 bits per heavy atom. The van der Waals surface area contributed by atoms with Crippen molar-refractivity contribution >= 4 is 12.0 Å². The Labute approximate surface area is 266 Å². The van der Waals surface area contributed by atoms with Crippen LogP contribution in [-0.2, 0) is 20.8 Å². The lowest BCUT2D eigenvalue weighted by atomic mass is 9.77. The number of carbonyl (C=O) groups excluding carboxylic acids is 2. The Hall–Kier alpha value is -4.08. The van der Waals surface area contributed by atoms with Crippen LogP contribution in [0, 0.1) is 5.92 Å². The zero-order valence-corrected chi connectivity index (χ0v) is 26.5. The normalized spacial score (nSPS) is 19.4. The third-order valence-electron chi connectivity index (χ3n) is 8.38. The summed E-state index contributed by atoms with van der Waals surface area (Å²) in [5.41, 5.74) is 4.07. The molecule has 1 saturated heterocycles. The summed E-state index contributed by atoms with van der Waals surface area (Å²) in [6.45, 7) is 4.85. The first-order chi connectivity index (χ1) is 22.0. The molecule has 2 amide bonds. The SMILES string of the molecule is CCNC(=O)O[C@@H]1CNC[C@H](C(=O)N(Cc2cc(OC)cc(OCCCOC)c2)C2CC2)[C@H]1c1cccc(-c2ccccc2)c1. The van der Waals surface area contributed by atoms with E-state index in [1.165, 1.54) is 0 Å². The molecule has 0 bridgehead atoms. The van der Waals surface area contributed by atoms with Gasteiger partial charge in [-0.1, -0.05) is 54.6 Å². The van der Waals surface area contributed by atoms with Gasteiger partial charge >= 0.3 is 6.09 Å². The number of amides is 2. The lowest BCUT2D eigenvalue weighted by molar-refractivity contribution is -0.139. The highest BCUT2D eigenvalue weighted by Crippen LogP contribution is 2.39. The number of hydrogen-bond acceptors (Lipinski definition) is 7. The van der Waals surface area contributed by atoms with E-state index in [-0.39, 0.29) is 17.9 Å². The maximum absolute atomic E-state index is 14.6. The van der Waals surface area contributed by atoms with E-state index in [1.54, 1.807) is 14.2 Å². The lowest BCUT2D eigenvalue weighted by Crippen LogP contribution is -2.54. The number of piperidine rings is 1. The van der Waals surface area contributed by atoms with E-state index >= 15 is 0 Å². The van der Waals surface area contributed by atoms with Crippen molar-refractivity contribution in [3.05, 3.63) is 83.9 Å². The van der Waals surface area contributed by atoms with Crippen molar-refractivity contribution in [3.8, 4) is 22.6 Å². The molecule has 0 aromatic heterocycles. The lowest BCUT2D eigenvalue weighted by Gasteiger charge is -2.40. The summed E-state index contributed by atoms with van der Waals surface area (Å²) in [5.74, 6) is 0.683. The van der Waals surface area contributed by atoms with Gasteiger partial charge in [0.25, 0.3) is 0 Å². The second kappa shape index (κ2) is 15.8. The van der Waals surface area contributed by atoms with Crippen molar-refractivity contribution in [1.82, 2.24) is 15.5 Å². The van der Waals surface area contributed by atoms with Crippen LogP contribution in [0.4, 0.5) is 4.79 Å². The largest absolute Gasteiger partial charge is 0.497 e. The molecule has 1 heterocycles. The molecule has 45 heavy (non-hydrogen) atoms. The predicted octanol–water partition coefficient (Wildman–Crippen LogP) is 5.39. The van der Waals surface area contributed by atoms with Gasteiger partial charge in [-0.15, -0.1) is 0 Å². The monoisotopic (exact) mass is 615 g/mol. The molecule has 240 valence electrons. The minimum Gasteiger partial charge on any atom is -0.497 e. The molecule has 3 atom stereocenters. The van der Waals surface area contributed by atoms with Crippen molar-refractivity contribution in [2.75, 3.05) is 47.1 Å². The van der Waals surface area contributed by atoms with Crippen LogP contribution in [0.25, 0.3) is 11.1 Å². The second-order valence-electron chi connectivity index (χ2n) is 11.7. The number of methoxy groups -OCH3 is 2. The predicted molar refractivity (Wildman–Crippen MR) is 173 cm³/mol. The number of rotatable bonds is 14. The maximum atomic E-state index is 14.6. The van der Waals surface area contributed by atoms with Gasteiger partial charge in [0.05, 0.1) is 19.6 Å². The topological polar surface area (TPSA) is 98.4 Å². The van der Waals surface area contributed by atoms with Crippen LogP contribution in [-0.4, -0.2) is 76.1 Å². The van der Waals surface area contributed by atoms with Crippen LogP contribution in [0.5, 0.6) is 11.5 Å². The Morgan fingerprint density at radius 3 is 2.42 bits per heavy atom. The van der Waals surface area contributed by atoms with Crippen molar-refractivity contribution < 1.29 is 28.5 Å². The van der Waals surface area contributed by atoms with E-state index < -0.39 is 18.1 Å². The molecule has 2 fully saturated rings. The van der Waals surface area contributed by atoms with Crippen LogP contribution in [0.1, 0.15) is 43.2 Å². The molecule has 0 unspecified atom stereocenters. The van der Waals surface area contributed by atoms with E-state index in [9.17, 15) is 9.59 Å². The molecule has 1 aliphatic carbocycles. The molecule has 1 aliphatic heterocycles. The molecule has 3 aromatic rings. The molecule has 0 radical (unpaired) electrons. The average Bonchev–Trinajstić information content (AvgIpc) is 3.91. The van der Waals surface area contributed by atoms with Gasteiger partial charge in [0, 0.05) is 64.3 Å². The summed E-state index contributed by atoms with van der Waals surface area (Å²) in [6, 6.07) is 24.4. The third kappa shape index (κ3) is 8.55. The molecule has 9 heteroatoms. The summed E-state index contributed by atoms with van der Waals surface area (Å²) < 4.78 is 22.7. The minimum atomic E-state index is -0.518. The highest BCUT2D eigenvalue weighted by molar-refractivity contribution is 5.81. The van der Waals surface area contributed by atoms with E-state index in [4.69, 9.17) is 18.9 Å². The van der Waals surface area contributed by atoms with Crippen LogP contribution < -0.4 is 20.1 Å². The van der Waals surface area contributed by atoms with Crippen molar-refractivity contribution in [2.45, 2.75) is 50.8 Å². The summed E-state index contributed by atoms with van der Waals surface area (Å²) >= 11 is 0. The smallest absolute Gasteiger partial charge is 0.407 e. The van der Waals surface area contributed by atoms with Gasteiger partial charge in [-0.05, 0) is 54.2 Å². The first kappa shape index (κ1) is 32.3. The first-order valence-corrected chi connectivity index (χ1v) is 15.9. The van der Waals surface area contributed by atoms with Gasteiger partial charge in [0.15, 0.2) is 0 Å². The van der Waals surface area contributed by atoms with Crippen LogP contribution in [0.15, 0.2) is 72.8 Å². The van der Waals surface area contributed by atoms with Gasteiger partial charge < -0.3 is 34.5 Å². The van der Waals surface area contributed by atoms with Crippen LogP contribution in [0.3, 0.4) is 0 Å². The highest BCUT2D eigenvalue weighted by Gasteiger charge is 2.45. The summed E-state index contributed by atoms with van der Waals surface area (Å²) in [7, 11) is 3.31. The standard InChI is InChI=1S/C36H45N3O6/c1-4-38-36(41)45-33-23-37-22-32(34(33)28-13-8-12-27(20-28)26-10-6-5-7-11-26)35(40)39(29-14-15-29)24-25-18-30(43-3)21-31(19-25)44-17-9-16-42-2/h5-8,10-13,18-21,29,32-34,37H,4,9,14-17,22-24H2,1-3H3,(H,38,41)/t32-,33+,34+/m0/s1. The second-order valence-corrected chi connectivity index (χ2v) is 11.7. The number of hydrogen-bond donors (Lipinski definition) is 2. The molecule has 2 aliphatic rings. The van der Waals surface area contributed by atoms with Gasteiger partial charge in [-0.25, -0.2) is 4.79 Å². The van der Waals surface area contributed by atoms with E-state index in [0.29, 0.717) is 50.9 Å². The average molecular weight is 616 g/mol. The minimum absolute atomic E-state index is 0.0506. The summed E-state index contributed by atoms with van der Waals surface area (Å²) in [5, 5.41) is 6.15. The van der Waals surface area contributed by atoms with E-state index in [2.05, 4.69) is 34.9 Å². The number of ether oxygens (including phenoxy) is 4. The third-order valence-corrected chi connectivity index (χ3v) is 8.38. The van der Waals surface area contributed by atoms with E-state index in [0.717, 1.165) is 41.5 Å². The van der Waals surface area contributed by atoms with Crippen molar-refractivity contribution in [1.29, 1.82) is 0 Å². The van der Waals surface area contributed by atoms with Crippen molar-refractivity contribution in [3.63, 3.8) is 0 Å². The summed E-state index contributed by atoms with van der Waals surface area (Å²) in [4.78, 5) is 29.3. The fraction of sp³-hybridized carbons (Fsp3) is 0.444. The van der Waals surface area contributed by atoms with Gasteiger partial charge in [0.1, 0.15) is 17.6 Å². The van der Waals surface area contributed by atoms with Crippen LogP contribution >= 0.6 is 0 Å². The van der Waals surface area contributed by atoms with Gasteiger partial charge in [-0.3, -0.25) is 4.79 Å². The number of benzene rings is 3. The van der Waals surface area contributed by atoms with Crippen molar-refractivity contribution in [2.24, 2.45) is 5.92 Å². The quantitative estimate of drug-likeness (QED) is 0.235. The molecule has 1 saturated carbocycles. The molecule has 3 aromatic carbocycles. The summed E-state index contributed by atoms with van der Waals surface area (Å²) in [6.07, 6.45) is 1.70. The zero-order chi connectivity index (χ0) is 31.6. The maximum Gasteiger partial charge on any atom is 0.407 e. The fourth-order valence-electron chi connectivity index (χ4n) is 6.08. The fourth-order valence-corrected chi connectivity index (χ4v) is 6.08. The first-order valence-electron chi connectivity index (χ1n) is 15.9. The number of alkyl carbamates (subject to hydrolysis) is 1. The number of nitrogens with one attached hydrogen (secondary N) is 2. The van der Waals surface area contributed by atoms with E-state index in [1.807, 2.05) is 60.4 Å². The number of nitrogens with zero attached hydrogens (tertiary/aromatic N) is 1. The molecular weight excluding hydrogens is 570 g/mol. The Bertz CT molecular complexity index is 1410.